The summed E-state index contributed by atoms with van der Waals surface area (Å²) in [5.74, 6) is 0.268. The van der Waals surface area contributed by atoms with Gasteiger partial charge in [-0.15, -0.1) is 0 Å². The second kappa shape index (κ2) is 7.72. The van der Waals surface area contributed by atoms with Gasteiger partial charge in [0.25, 0.3) is 0 Å². The van der Waals surface area contributed by atoms with Gasteiger partial charge < -0.3 is 15.9 Å². The molecule has 72 valence electrons. The number of rotatable bonds is 7. The Bertz CT molecular complexity index is 134. The first-order chi connectivity index (χ1) is 5.68. The van der Waals surface area contributed by atoms with E-state index in [1.807, 2.05) is 0 Å². The van der Waals surface area contributed by atoms with Crippen LogP contribution in [0.3, 0.4) is 0 Å². The lowest BCUT2D eigenvalue weighted by molar-refractivity contribution is -0.137. The Hall–Kier alpha value is 0.0900. The largest absolute Gasteiger partial charge is 0.480 e. The van der Waals surface area contributed by atoms with E-state index in [-0.39, 0.29) is 6.61 Å². The summed E-state index contributed by atoms with van der Waals surface area (Å²) >= 11 is 0. The number of aliphatic hydroxyl groups excluding tert-OH is 1. The molecule has 6 heteroatoms. The predicted octanol–water partition coefficient (Wildman–Crippen LogP) is 0.162. The molecule has 0 rings (SSSR count). The van der Waals surface area contributed by atoms with E-state index in [4.69, 9.17) is 15.9 Å². The van der Waals surface area contributed by atoms with E-state index >= 15 is 0 Å². The van der Waals surface area contributed by atoms with E-state index in [2.05, 4.69) is 0 Å². The molecule has 4 nitrogen and oxygen atoms in total. The van der Waals surface area contributed by atoms with E-state index < -0.39 is 12.0 Å². The number of hydrogen-bond acceptors (Lipinski definition) is 5. The molecule has 12 heavy (non-hydrogen) atoms. The van der Waals surface area contributed by atoms with Gasteiger partial charge in [-0.05, 0) is 6.42 Å². The topological polar surface area (TPSA) is 83.5 Å². The number of carboxylic acids is 1. The average Bonchev–Trinajstić information content (AvgIpc) is 2.03. The molecule has 1 unspecified atom stereocenters. The van der Waals surface area contributed by atoms with Crippen molar-refractivity contribution in [3.05, 3.63) is 0 Å². The zero-order valence-corrected chi connectivity index (χ0v) is 8.24. The molecule has 0 saturated heterocycles. The van der Waals surface area contributed by atoms with Gasteiger partial charge in [0.1, 0.15) is 6.04 Å². The van der Waals surface area contributed by atoms with E-state index in [0.717, 1.165) is 12.2 Å². The van der Waals surface area contributed by atoms with Crippen LogP contribution >= 0.6 is 21.6 Å². The molecule has 0 aromatic rings. The van der Waals surface area contributed by atoms with E-state index in [1.165, 1.54) is 21.6 Å². The summed E-state index contributed by atoms with van der Waals surface area (Å²) in [5.41, 5.74) is 5.25. The smallest absolute Gasteiger partial charge is 0.321 e. The normalized spacial score (nSPS) is 12.8. The van der Waals surface area contributed by atoms with Gasteiger partial charge in [0.05, 0.1) is 0 Å². The fraction of sp³-hybridized carbons (Fsp3) is 0.833. The molecule has 1 atom stereocenters. The first kappa shape index (κ1) is 12.1. The van der Waals surface area contributed by atoms with Crippen LogP contribution in [0.4, 0.5) is 0 Å². The third-order valence-electron chi connectivity index (χ3n) is 1.03. The third-order valence-corrected chi connectivity index (χ3v) is 3.56. The van der Waals surface area contributed by atoms with Crippen LogP contribution in [-0.2, 0) is 4.79 Å². The van der Waals surface area contributed by atoms with Crippen molar-refractivity contribution in [2.75, 3.05) is 18.1 Å². The Labute approximate surface area is 79.3 Å². The van der Waals surface area contributed by atoms with Crippen LogP contribution < -0.4 is 5.73 Å². The highest BCUT2D eigenvalue weighted by molar-refractivity contribution is 8.76. The van der Waals surface area contributed by atoms with Gasteiger partial charge in [0, 0.05) is 18.1 Å². The van der Waals surface area contributed by atoms with Crippen molar-refractivity contribution in [3.63, 3.8) is 0 Å². The van der Waals surface area contributed by atoms with Gasteiger partial charge in [0.15, 0.2) is 0 Å². The molecule has 0 radical (unpaired) electrons. The minimum absolute atomic E-state index is 0.179. The minimum atomic E-state index is -0.967. The number of hydrogen-bond donors (Lipinski definition) is 3. The molecule has 0 aromatic heterocycles. The SMILES string of the molecule is NC(CSSCCCO)C(=O)O. The first-order valence-corrected chi connectivity index (χ1v) is 6.01. The number of aliphatic carboxylic acids is 1. The number of carbonyl (C=O) groups is 1. The van der Waals surface area contributed by atoms with Gasteiger partial charge in [-0.2, -0.15) is 0 Å². The highest BCUT2D eigenvalue weighted by atomic mass is 33.1. The number of carboxylic acid groups (broad SMARTS) is 1. The quantitative estimate of drug-likeness (QED) is 0.411. The Kier molecular flexibility index (Phi) is 7.78. The highest BCUT2D eigenvalue weighted by Gasteiger charge is 2.10. The van der Waals surface area contributed by atoms with Gasteiger partial charge in [-0.25, -0.2) is 0 Å². The zero-order chi connectivity index (χ0) is 9.40. The van der Waals surface area contributed by atoms with Crippen LogP contribution in [0.5, 0.6) is 0 Å². The van der Waals surface area contributed by atoms with Crippen molar-refractivity contribution in [2.45, 2.75) is 12.5 Å². The molecule has 0 amide bonds. The van der Waals surface area contributed by atoms with Crippen molar-refractivity contribution in [1.82, 2.24) is 0 Å². The maximum Gasteiger partial charge on any atom is 0.321 e. The van der Waals surface area contributed by atoms with E-state index in [0.29, 0.717) is 5.75 Å². The van der Waals surface area contributed by atoms with Crippen molar-refractivity contribution in [3.8, 4) is 0 Å². The molecule has 0 bridgehead atoms. The molecule has 0 spiro atoms. The molecule has 4 N–H and O–H groups in total. The molecule has 0 aliphatic carbocycles. The minimum Gasteiger partial charge on any atom is -0.480 e. The highest BCUT2D eigenvalue weighted by Crippen LogP contribution is 2.21. The van der Waals surface area contributed by atoms with Gasteiger partial charge >= 0.3 is 5.97 Å². The summed E-state index contributed by atoms with van der Waals surface area (Å²) in [6.07, 6.45) is 0.736. The standard InChI is InChI=1S/C6H13NO3S2/c7-5(6(9)10)4-12-11-3-1-2-8/h5,8H,1-4,7H2,(H,9,10). The Balaban J connectivity index is 3.14. The number of nitrogens with two attached hydrogens (primary N) is 1. The van der Waals surface area contributed by atoms with Crippen LogP contribution in [0.1, 0.15) is 6.42 Å². The second-order valence-electron chi connectivity index (χ2n) is 2.13. The molecular weight excluding hydrogens is 198 g/mol. The van der Waals surface area contributed by atoms with Gasteiger partial charge in [0.2, 0.25) is 0 Å². The van der Waals surface area contributed by atoms with Gasteiger partial charge in [-0.1, -0.05) is 21.6 Å². The number of aliphatic hydroxyl groups is 1. The van der Waals surface area contributed by atoms with Crippen molar-refractivity contribution in [2.24, 2.45) is 5.73 Å². The summed E-state index contributed by atoms with van der Waals surface area (Å²) in [6, 6.07) is -0.781. The average molecular weight is 211 g/mol. The summed E-state index contributed by atoms with van der Waals surface area (Å²) in [7, 11) is 2.97. The van der Waals surface area contributed by atoms with Crippen LogP contribution in [0, 0.1) is 0 Å². The summed E-state index contributed by atoms with van der Waals surface area (Å²) < 4.78 is 0. The molecule has 0 aliphatic rings. The Morgan fingerprint density at radius 3 is 2.67 bits per heavy atom. The summed E-state index contributed by atoms with van der Waals surface area (Å²) in [6.45, 7) is 0.179. The lowest BCUT2D eigenvalue weighted by Crippen LogP contribution is -2.32. The molecule has 0 aliphatic heterocycles. The van der Waals surface area contributed by atoms with Crippen LogP contribution in [-0.4, -0.2) is 40.3 Å². The molecule has 0 fully saturated rings. The second-order valence-corrected chi connectivity index (χ2v) is 4.76. The van der Waals surface area contributed by atoms with E-state index in [9.17, 15) is 4.79 Å². The van der Waals surface area contributed by atoms with Crippen LogP contribution in [0.2, 0.25) is 0 Å². The molecule has 0 heterocycles. The maximum absolute atomic E-state index is 10.2. The Morgan fingerprint density at radius 2 is 2.17 bits per heavy atom. The van der Waals surface area contributed by atoms with E-state index in [1.54, 1.807) is 0 Å². The van der Waals surface area contributed by atoms with Crippen molar-refractivity contribution < 1.29 is 15.0 Å². The third kappa shape index (κ3) is 6.78. The molecule has 0 aromatic carbocycles. The molecular formula is C6H13NO3S2. The van der Waals surface area contributed by atoms with Crippen molar-refractivity contribution >= 4 is 27.6 Å². The maximum atomic E-state index is 10.2. The Morgan fingerprint density at radius 1 is 1.50 bits per heavy atom. The fourth-order valence-electron chi connectivity index (χ4n) is 0.375. The van der Waals surface area contributed by atoms with Crippen molar-refractivity contribution in [1.29, 1.82) is 0 Å². The molecule has 0 saturated carbocycles. The predicted molar refractivity (Wildman–Crippen MR) is 52.2 cm³/mol. The summed E-state index contributed by atoms with van der Waals surface area (Å²) in [5, 5.41) is 16.8. The van der Waals surface area contributed by atoms with Crippen LogP contribution in [0.25, 0.3) is 0 Å². The fourth-order valence-corrected chi connectivity index (χ4v) is 2.56. The lowest BCUT2D eigenvalue weighted by atomic mass is 10.4. The van der Waals surface area contributed by atoms with Crippen LogP contribution in [0.15, 0.2) is 0 Å². The zero-order valence-electron chi connectivity index (χ0n) is 6.60. The summed E-state index contributed by atoms with van der Waals surface area (Å²) in [4.78, 5) is 10.2. The first-order valence-electron chi connectivity index (χ1n) is 3.52. The monoisotopic (exact) mass is 211 g/mol. The lowest BCUT2D eigenvalue weighted by Gasteiger charge is -2.04. The van der Waals surface area contributed by atoms with Gasteiger partial charge in [-0.3, -0.25) is 4.79 Å².